The van der Waals surface area contributed by atoms with Gasteiger partial charge in [0.15, 0.2) is 10.3 Å². The Morgan fingerprint density at radius 1 is 1.00 bits per heavy atom. The summed E-state index contributed by atoms with van der Waals surface area (Å²) in [6.45, 7) is 1.83. The van der Waals surface area contributed by atoms with Crippen LogP contribution in [0.2, 0.25) is 10.3 Å². The third kappa shape index (κ3) is 2.95. The van der Waals surface area contributed by atoms with Crippen LogP contribution in [0.5, 0.6) is 0 Å². The highest BCUT2D eigenvalue weighted by molar-refractivity contribution is 6.33. The molecule has 6 heteroatoms. The SMILES string of the molecule is C[C@@H](c1ccccc1)n1c(-c2ccccc2F)c(Cl)nc(Cl)c1=O. The molecule has 0 aliphatic heterocycles. The van der Waals surface area contributed by atoms with E-state index in [1.807, 2.05) is 37.3 Å². The first kappa shape index (κ1) is 16.7. The van der Waals surface area contributed by atoms with Crippen LogP contribution in [0.4, 0.5) is 4.39 Å². The van der Waals surface area contributed by atoms with Crippen molar-refractivity contribution in [1.82, 2.24) is 9.55 Å². The smallest absolute Gasteiger partial charge is 0.289 e. The van der Waals surface area contributed by atoms with Crippen LogP contribution in [0.1, 0.15) is 18.5 Å². The molecule has 0 fully saturated rings. The molecule has 1 heterocycles. The Balaban J connectivity index is 2.33. The van der Waals surface area contributed by atoms with Crippen molar-refractivity contribution in [3.8, 4) is 11.3 Å². The van der Waals surface area contributed by atoms with Gasteiger partial charge in [-0.2, -0.15) is 0 Å². The molecule has 3 rings (SSSR count). The highest BCUT2D eigenvalue weighted by Crippen LogP contribution is 2.32. The van der Waals surface area contributed by atoms with Gasteiger partial charge in [-0.25, -0.2) is 9.37 Å². The predicted molar refractivity (Wildman–Crippen MR) is 94.2 cm³/mol. The van der Waals surface area contributed by atoms with E-state index in [-0.39, 0.29) is 21.6 Å². The van der Waals surface area contributed by atoms with E-state index < -0.39 is 17.4 Å². The molecule has 2 aromatic carbocycles. The minimum Gasteiger partial charge on any atom is -0.295 e. The lowest BCUT2D eigenvalue weighted by atomic mass is 10.1. The molecular formula is C18H13Cl2FN2O. The van der Waals surface area contributed by atoms with Gasteiger partial charge in [-0.15, -0.1) is 0 Å². The van der Waals surface area contributed by atoms with Gasteiger partial charge < -0.3 is 0 Å². The van der Waals surface area contributed by atoms with Gasteiger partial charge in [0.05, 0.1) is 11.7 Å². The Bertz CT molecular complexity index is 941. The van der Waals surface area contributed by atoms with E-state index in [1.165, 1.54) is 10.6 Å². The van der Waals surface area contributed by atoms with Crippen molar-refractivity contribution >= 4 is 23.2 Å². The number of halogens is 3. The Labute approximate surface area is 148 Å². The summed E-state index contributed by atoms with van der Waals surface area (Å²) < 4.78 is 15.7. The number of nitrogens with zero attached hydrogens (tertiary/aromatic N) is 2. The molecule has 0 aliphatic rings. The second kappa shape index (κ2) is 6.75. The summed E-state index contributed by atoms with van der Waals surface area (Å²) >= 11 is 12.1. The van der Waals surface area contributed by atoms with Gasteiger partial charge in [-0.3, -0.25) is 9.36 Å². The molecule has 0 saturated heterocycles. The van der Waals surface area contributed by atoms with E-state index >= 15 is 0 Å². The largest absolute Gasteiger partial charge is 0.295 e. The van der Waals surface area contributed by atoms with Crippen LogP contribution < -0.4 is 5.56 Å². The second-order valence-electron chi connectivity index (χ2n) is 5.28. The quantitative estimate of drug-likeness (QED) is 0.659. The molecule has 0 saturated carbocycles. The maximum Gasteiger partial charge on any atom is 0.289 e. The lowest BCUT2D eigenvalue weighted by Crippen LogP contribution is -2.27. The standard InChI is InChI=1S/C18H13Cl2FN2O/c1-11(12-7-3-2-4-8-12)23-15(13-9-5-6-10-14(13)21)16(19)22-17(20)18(23)24/h2-11H,1H3/t11-/m0/s1. The number of rotatable bonds is 3. The van der Waals surface area contributed by atoms with Crippen molar-refractivity contribution in [2.75, 3.05) is 0 Å². The number of aromatic nitrogens is 2. The minimum atomic E-state index is -0.518. The molecule has 1 atom stereocenters. The van der Waals surface area contributed by atoms with Crippen LogP contribution in [0, 0.1) is 5.82 Å². The van der Waals surface area contributed by atoms with Gasteiger partial charge in [0, 0.05) is 5.56 Å². The van der Waals surface area contributed by atoms with Crippen molar-refractivity contribution in [2.45, 2.75) is 13.0 Å². The van der Waals surface area contributed by atoms with Gasteiger partial charge in [0.1, 0.15) is 5.82 Å². The molecule has 0 spiro atoms. The third-order valence-electron chi connectivity index (χ3n) is 3.83. The van der Waals surface area contributed by atoms with Crippen molar-refractivity contribution in [1.29, 1.82) is 0 Å². The van der Waals surface area contributed by atoms with Crippen LogP contribution in [0.3, 0.4) is 0 Å². The summed E-state index contributed by atoms with van der Waals surface area (Å²) in [7, 11) is 0. The Morgan fingerprint density at radius 2 is 1.62 bits per heavy atom. The molecule has 0 bridgehead atoms. The van der Waals surface area contributed by atoms with Crippen LogP contribution >= 0.6 is 23.2 Å². The van der Waals surface area contributed by atoms with Crippen LogP contribution in [-0.2, 0) is 0 Å². The Morgan fingerprint density at radius 3 is 2.29 bits per heavy atom. The van der Waals surface area contributed by atoms with E-state index in [0.717, 1.165) is 5.56 Å². The van der Waals surface area contributed by atoms with Crippen molar-refractivity contribution in [2.24, 2.45) is 0 Å². The Hall–Kier alpha value is -2.17. The highest BCUT2D eigenvalue weighted by atomic mass is 35.5. The molecule has 1 aromatic heterocycles. The normalized spacial score (nSPS) is 12.2. The fraction of sp³-hybridized carbons (Fsp3) is 0.111. The maximum absolute atomic E-state index is 14.3. The number of benzene rings is 2. The summed E-state index contributed by atoms with van der Waals surface area (Å²) in [6, 6.07) is 15.1. The van der Waals surface area contributed by atoms with E-state index in [1.54, 1.807) is 18.2 Å². The monoisotopic (exact) mass is 362 g/mol. The van der Waals surface area contributed by atoms with E-state index in [2.05, 4.69) is 4.98 Å². The summed E-state index contributed by atoms with van der Waals surface area (Å²) in [5, 5.41) is -0.268. The van der Waals surface area contributed by atoms with Gasteiger partial charge in [0.2, 0.25) is 0 Å². The van der Waals surface area contributed by atoms with Crippen LogP contribution in [0.15, 0.2) is 59.4 Å². The minimum absolute atomic E-state index is 0.0209. The molecule has 0 aliphatic carbocycles. The average molecular weight is 363 g/mol. The lowest BCUT2D eigenvalue weighted by molar-refractivity contribution is 0.602. The molecule has 3 nitrogen and oxygen atoms in total. The van der Waals surface area contributed by atoms with E-state index in [9.17, 15) is 9.18 Å². The first-order valence-corrected chi connectivity index (χ1v) is 8.03. The number of hydrogen-bond acceptors (Lipinski definition) is 2. The average Bonchev–Trinajstić information content (AvgIpc) is 2.59. The topological polar surface area (TPSA) is 34.9 Å². The fourth-order valence-electron chi connectivity index (χ4n) is 2.63. The van der Waals surface area contributed by atoms with Crippen molar-refractivity contribution in [3.63, 3.8) is 0 Å². The first-order valence-electron chi connectivity index (χ1n) is 7.28. The fourth-order valence-corrected chi connectivity index (χ4v) is 3.13. The molecule has 0 amide bonds. The number of hydrogen-bond donors (Lipinski definition) is 0. The first-order chi connectivity index (χ1) is 11.5. The molecule has 122 valence electrons. The van der Waals surface area contributed by atoms with Crippen LogP contribution in [-0.4, -0.2) is 9.55 Å². The van der Waals surface area contributed by atoms with Crippen molar-refractivity contribution < 1.29 is 4.39 Å². The second-order valence-corrected chi connectivity index (χ2v) is 6.00. The molecule has 0 N–H and O–H groups in total. The lowest BCUT2D eigenvalue weighted by Gasteiger charge is -2.21. The zero-order valence-corrected chi connectivity index (χ0v) is 14.2. The summed E-state index contributed by atoms with van der Waals surface area (Å²) in [6.07, 6.45) is 0. The highest BCUT2D eigenvalue weighted by Gasteiger charge is 2.22. The molecule has 0 radical (unpaired) electrons. The Kier molecular flexibility index (Phi) is 4.69. The van der Waals surface area contributed by atoms with Crippen LogP contribution in [0.25, 0.3) is 11.3 Å². The zero-order chi connectivity index (χ0) is 17.3. The van der Waals surface area contributed by atoms with E-state index in [4.69, 9.17) is 23.2 Å². The van der Waals surface area contributed by atoms with Gasteiger partial charge in [-0.1, -0.05) is 65.7 Å². The molecule has 24 heavy (non-hydrogen) atoms. The third-order valence-corrected chi connectivity index (χ3v) is 4.34. The predicted octanol–water partition coefficient (Wildman–Crippen LogP) is 4.97. The van der Waals surface area contributed by atoms with Gasteiger partial charge in [0.25, 0.3) is 5.56 Å². The molecule has 3 aromatic rings. The summed E-state index contributed by atoms with van der Waals surface area (Å²) in [5.74, 6) is -0.489. The van der Waals surface area contributed by atoms with Gasteiger partial charge in [-0.05, 0) is 24.6 Å². The summed E-state index contributed by atoms with van der Waals surface area (Å²) in [5.41, 5.74) is 0.762. The maximum atomic E-state index is 14.3. The van der Waals surface area contributed by atoms with Gasteiger partial charge >= 0.3 is 0 Å². The van der Waals surface area contributed by atoms with E-state index in [0.29, 0.717) is 0 Å². The molecular weight excluding hydrogens is 350 g/mol. The summed E-state index contributed by atoms with van der Waals surface area (Å²) in [4.78, 5) is 16.5. The van der Waals surface area contributed by atoms with Crippen molar-refractivity contribution in [3.05, 3.63) is 86.6 Å². The molecule has 0 unspecified atom stereocenters. The zero-order valence-electron chi connectivity index (χ0n) is 12.7.